The molecule has 0 aliphatic carbocycles. The molecular weight excluding hydrogens is 350 g/mol. The van der Waals surface area contributed by atoms with E-state index < -0.39 is 28.3 Å². The van der Waals surface area contributed by atoms with Gasteiger partial charge in [-0.15, -0.1) is 0 Å². The summed E-state index contributed by atoms with van der Waals surface area (Å²) in [7, 11) is 0. The van der Waals surface area contributed by atoms with Gasteiger partial charge in [0.2, 0.25) is 0 Å². The molecule has 1 amide bonds. The van der Waals surface area contributed by atoms with Crippen molar-refractivity contribution >= 4 is 39.1 Å². The summed E-state index contributed by atoms with van der Waals surface area (Å²) >= 11 is 8.38. The number of anilines is 1. The van der Waals surface area contributed by atoms with Gasteiger partial charge >= 0.3 is 6.18 Å². The molecule has 0 radical (unpaired) electrons. The molecule has 0 aromatic heterocycles. The number of carbonyl (C=O) groups is 1. The number of halogens is 5. The van der Waals surface area contributed by atoms with E-state index in [1.807, 2.05) is 0 Å². The molecule has 2 N–H and O–H groups in total. The molecule has 1 aromatic carbocycles. The molecule has 0 saturated carbocycles. The van der Waals surface area contributed by atoms with Gasteiger partial charge in [-0.3, -0.25) is 4.79 Å². The van der Waals surface area contributed by atoms with E-state index in [0.717, 1.165) is 6.07 Å². The van der Waals surface area contributed by atoms with Crippen molar-refractivity contribution in [3.63, 3.8) is 0 Å². The van der Waals surface area contributed by atoms with Crippen LogP contribution in [-0.4, -0.2) is 21.9 Å². The minimum absolute atomic E-state index is 0.0500. The number of alkyl halides is 4. The van der Waals surface area contributed by atoms with Gasteiger partial charge in [0, 0.05) is 11.0 Å². The Morgan fingerprint density at radius 1 is 1.47 bits per heavy atom. The van der Waals surface area contributed by atoms with Crippen molar-refractivity contribution in [3.8, 4) is 0 Å². The Morgan fingerprint density at radius 3 is 2.53 bits per heavy atom. The molecule has 0 unspecified atom stereocenters. The summed E-state index contributed by atoms with van der Waals surface area (Å²) in [4.78, 5) is 11.6. The summed E-state index contributed by atoms with van der Waals surface area (Å²) in [5, 5.41) is 11.3. The molecule has 0 spiro atoms. The summed E-state index contributed by atoms with van der Waals surface area (Å²) in [6.45, 7) is 1.23. The molecule has 8 heteroatoms. The monoisotopic (exact) mass is 359 g/mol. The number of hydrogen-bond acceptors (Lipinski definition) is 2. The highest BCUT2D eigenvalue weighted by Gasteiger charge is 2.34. The van der Waals surface area contributed by atoms with Gasteiger partial charge in [-0.05, 0) is 25.1 Å². The molecule has 0 fully saturated rings. The third kappa shape index (κ3) is 4.09. The summed E-state index contributed by atoms with van der Waals surface area (Å²) < 4.78 is 37.8. The molecular formula is C11H10BrClF3NO2. The molecule has 0 bridgehead atoms. The topological polar surface area (TPSA) is 49.3 Å². The number of carbonyl (C=O) groups excluding carboxylic acids is 1. The molecule has 3 nitrogen and oxygen atoms in total. The van der Waals surface area contributed by atoms with Crippen molar-refractivity contribution in [3.05, 3.63) is 28.8 Å². The van der Waals surface area contributed by atoms with Crippen LogP contribution in [0.2, 0.25) is 5.02 Å². The lowest BCUT2D eigenvalue weighted by molar-refractivity contribution is -0.137. The maximum Gasteiger partial charge on any atom is 0.417 e. The van der Waals surface area contributed by atoms with Crippen LogP contribution >= 0.6 is 27.5 Å². The minimum atomic E-state index is -4.62. The second kappa shape index (κ2) is 5.68. The third-order valence-corrected chi connectivity index (χ3v) is 3.70. The molecule has 19 heavy (non-hydrogen) atoms. The smallest absolute Gasteiger partial charge is 0.379 e. The Kier molecular flexibility index (Phi) is 4.86. The van der Waals surface area contributed by atoms with E-state index in [4.69, 9.17) is 11.6 Å². The van der Waals surface area contributed by atoms with Gasteiger partial charge in [0.25, 0.3) is 5.91 Å². The first-order valence-corrected chi connectivity index (χ1v) is 6.54. The lowest BCUT2D eigenvalue weighted by atomic mass is 10.1. The van der Waals surface area contributed by atoms with Crippen LogP contribution in [0, 0.1) is 0 Å². The fourth-order valence-electron chi connectivity index (χ4n) is 1.15. The second-order valence-electron chi connectivity index (χ2n) is 4.05. The van der Waals surface area contributed by atoms with Crippen LogP contribution in [0.15, 0.2) is 18.2 Å². The van der Waals surface area contributed by atoms with Crippen LogP contribution in [0.1, 0.15) is 12.5 Å². The quantitative estimate of drug-likeness (QED) is 0.811. The van der Waals surface area contributed by atoms with Crippen LogP contribution in [-0.2, 0) is 11.0 Å². The lowest BCUT2D eigenvalue weighted by Crippen LogP contribution is -2.41. The first-order valence-electron chi connectivity index (χ1n) is 5.04. The zero-order chi connectivity index (χ0) is 14.8. The fraction of sp³-hybridized carbons (Fsp3) is 0.364. The predicted octanol–water partition coefficient (Wildman–Crippen LogP) is 3.44. The van der Waals surface area contributed by atoms with Crippen LogP contribution in [0.4, 0.5) is 18.9 Å². The van der Waals surface area contributed by atoms with Gasteiger partial charge in [-0.2, -0.15) is 13.2 Å². The van der Waals surface area contributed by atoms with Crippen molar-refractivity contribution in [2.24, 2.45) is 0 Å². The van der Waals surface area contributed by atoms with E-state index in [1.54, 1.807) is 0 Å². The van der Waals surface area contributed by atoms with E-state index in [9.17, 15) is 23.1 Å². The SMILES string of the molecule is C[C@](O)(CBr)C(=O)Nc1ccc(Cl)c(C(F)(F)F)c1. The molecule has 0 aliphatic rings. The maximum atomic E-state index is 12.6. The maximum absolute atomic E-state index is 12.6. The zero-order valence-electron chi connectivity index (χ0n) is 9.68. The number of nitrogens with one attached hydrogen (secondary N) is 1. The Morgan fingerprint density at radius 2 is 2.05 bits per heavy atom. The zero-order valence-corrected chi connectivity index (χ0v) is 12.0. The number of hydrogen-bond donors (Lipinski definition) is 2. The van der Waals surface area contributed by atoms with Gasteiger partial charge in [0.05, 0.1) is 10.6 Å². The van der Waals surface area contributed by atoms with Crippen LogP contribution in [0.5, 0.6) is 0 Å². The number of rotatable bonds is 3. The van der Waals surface area contributed by atoms with E-state index >= 15 is 0 Å². The van der Waals surface area contributed by atoms with Gasteiger partial charge < -0.3 is 10.4 Å². The van der Waals surface area contributed by atoms with Crippen molar-refractivity contribution in [2.75, 3.05) is 10.6 Å². The number of aliphatic hydroxyl groups is 1. The normalized spacial score (nSPS) is 14.9. The molecule has 1 aromatic rings. The first kappa shape index (κ1) is 16.3. The molecule has 106 valence electrons. The largest absolute Gasteiger partial charge is 0.417 e. The molecule has 0 aliphatic heterocycles. The Bertz CT molecular complexity index is 491. The van der Waals surface area contributed by atoms with Gasteiger partial charge in [-0.25, -0.2) is 0 Å². The first-order chi connectivity index (χ1) is 8.58. The summed E-state index contributed by atoms with van der Waals surface area (Å²) in [5.74, 6) is -0.820. The Hall–Kier alpha value is -0.790. The van der Waals surface area contributed by atoms with E-state index in [2.05, 4.69) is 21.2 Å². The summed E-state index contributed by atoms with van der Waals surface area (Å²) in [6, 6.07) is 2.97. The van der Waals surface area contributed by atoms with E-state index in [1.165, 1.54) is 13.0 Å². The van der Waals surface area contributed by atoms with E-state index in [0.29, 0.717) is 6.07 Å². The van der Waals surface area contributed by atoms with E-state index in [-0.39, 0.29) is 11.0 Å². The standard InChI is InChI=1S/C11H10BrClF3NO2/c1-10(19,5-12)9(18)17-6-2-3-8(13)7(4-6)11(14,15)16/h2-4,19H,5H2,1H3,(H,17,18)/t10-/m0/s1. The van der Waals surface area contributed by atoms with Crippen LogP contribution < -0.4 is 5.32 Å². The molecule has 1 rings (SSSR count). The van der Waals surface area contributed by atoms with Gasteiger partial charge in [-0.1, -0.05) is 27.5 Å². The third-order valence-electron chi connectivity index (χ3n) is 2.28. The number of amides is 1. The van der Waals surface area contributed by atoms with Crippen molar-refractivity contribution in [1.29, 1.82) is 0 Å². The second-order valence-corrected chi connectivity index (χ2v) is 5.02. The van der Waals surface area contributed by atoms with Crippen LogP contribution in [0.25, 0.3) is 0 Å². The summed E-state index contributed by atoms with van der Waals surface area (Å²) in [5.41, 5.74) is -2.87. The highest BCUT2D eigenvalue weighted by Crippen LogP contribution is 2.36. The predicted molar refractivity (Wildman–Crippen MR) is 69.5 cm³/mol. The van der Waals surface area contributed by atoms with Crippen molar-refractivity contribution in [2.45, 2.75) is 18.7 Å². The number of benzene rings is 1. The highest BCUT2D eigenvalue weighted by atomic mass is 79.9. The van der Waals surface area contributed by atoms with Crippen molar-refractivity contribution in [1.82, 2.24) is 0 Å². The molecule has 0 heterocycles. The Labute approximate surface area is 120 Å². The minimum Gasteiger partial charge on any atom is -0.379 e. The Balaban J connectivity index is 3.02. The van der Waals surface area contributed by atoms with Gasteiger partial charge in [0.1, 0.15) is 5.60 Å². The highest BCUT2D eigenvalue weighted by molar-refractivity contribution is 9.09. The van der Waals surface area contributed by atoms with Gasteiger partial charge in [0.15, 0.2) is 0 Å². The lowest BCUT2D eigenvalue weighted by Gasteiger charge is -2.20. The average molecular weight is 361 g/mol. The summed E-state index contributed by atoms with van der Waals surface area (Å²) in [6.07, 6.45) is -4.62. The van der Waals surface area contributed by atoms with Crippen LogP contribution in [0.3, 0.4) is 0 Å². The van der Waals surface area contributed by atoms with Crippen molar-refractivity contribution < 1.29 is 23.1 Å². The molecule has 0 saturated heterocycles. The molecule has 1 atom stereocenters. The fourth-order valence-corrected chi connectivity index (χ4v) is 1.63. The average Bonchev–Trinajstić information content (AvgIpc) is 2.30.